The number of halogens is 2. The zero-order valence-electron chi connectivity index (χ0n) is 25.5. The van der Waals surface area contributed by atoms with E-state index in [0.29, 0.717) is 6.42 Å². The molecule has 0 spiro atoms. The number of benzene rings is 4. The highest BCUT2D eigenvalue weighted by molar-refractivity contribution is 9.10. The van der Waals surface area contributed by atoms with Gasteiger partial charge in [-0.15, -0.1) is 0 Å². The minimum atomic E-state index is -4.39. The summed E-state index contributed by atoms with van der Waals surface area (Å²) in [4.78, 5) is 29.6. The molecule has 0 unspecified atom stereocenters. The van der Waals surface area contributed by atoms with E-state index in [1.54, 1.807) is 12.1 Å². The standard InChI is InChI=1S/C35H37BrFN3O4S/c1-4-26(3)38-35(42)33(22-27-11-6-5-7-12-27)39(23-28-13-10-14-29(36)21-28)34(41)24-40(32-16-9-8-15-31(32)37)45(43,44)30-19-17-25(2)18-20-30/h5-21,26,33H,4,22-24H2,1-3H3,(H,38,42)/t26-,33-/m1/s1. The molecule has 0 saturated carbocycles. The third-order valence-electron chi connectivity index (χ3n) is 7.52. The molecule has 0 saturated heterocycles. The van der Waals surface area contributed by atoms with Crippen molar-refractivity contribution in [1.82, 2.24) is 10.2 Å². The Labute approximate surface area is 273 Å². The summed E-state index contributed by atoms with van der Waals surface area (Å²) in [6.45, 7) is 4.94. The molecule has 0 bridgehead atoms. The van der Waals surface area contributed by atoms with E-state index in [4.69, 9.17) is 0 Å². The van der Waals surface area contributed by atoms with Crippen LogP contribution >= 0.6 is 15.9 Å². The molecular weight excluding hydrogens is 657 g/mol. The molecule has 0 heterocycles. The molecule has 0 fully saturated rings. The minimum Gasteiger partial charge on any atom is -0.352 e. The smallest absolute Gasteiger partial charge is 0.264 e. The van der Waals surface area contributed by atoms with E-state index in [-0.39, 0.29) is 35.5 Å². The van der Waals surface area contributed by atoms with E-state index in [9.17, 15) is 18.0 Å². The average molecular weight is 695 g/mol. The highest BCUT2D eigenvalue weighted by atomic mass is 79.9. The van der Waals surface area contributed by atoms with Gasteiger partial charge >= 0.3 is 0 Å². The lowest BCUT2D eigenvalue weighted by Gasteiger charge is -2.34. The van der Waals surface area contributed by atoms with Crippen LogP contribution in [0.25, 0.3) is 0 Å². The summed E-state index contributed by atoms with van der Waals surface area (Å²) < 4.78 is 44.9. The van der Waals surface area contributed by atoms with E-state index >= 15 is 4.39 Å². The highest BCUT2D eigenvalue weighted by Gasteiger charge is 2.35. The summed E-state index contributed by atoms with van der Waals surface area (Å²) in [7, 11) is -4.39. The monoisotopic (exact) mass is 693 g/mol. The average Bonchev–Trinajstić information content (AvgIpc) is 3.02. The molecule has 0 radical (unpaired) electrons. The number of carbonyl (C=O) groups excluding carboxylic acids is 2. The molecule has 2 amide bonds. The first kappa shape index (κ1) is 33.9. The van der Waals surface area contributed by atoms with E-state index in [1.807, 2.05) is 75.4 Å². The number of hydrogen-bond acceptors (Lipinski definition) is 4. The van der Waals surface area contributed by atoms with Gasteiger partial charge in [-0.3, -0.25) is 13.9 Å². The maximum Gasteiger partial charge on any atom is 0.264 e. The molecule has 2 atom stereocenters. The molecule has 0 aliphatic rings. The fraction of sp³-hybridized carbons (Fsp3) is 0.257. The lowest BCUT2D eigenvalue weighted by molar-refractivity contribution is -0.140. The van der Waals surface area contributed by atoms with Gasteiger partial charge in [0.1, 0.15) is 18.4 Å². The van der Waals surface area contributed by atoms with Crippen LogP contribution in [0.4, 0.5) is 10.1 Å². The van der Waals surface area contributed by atoms with Crippen LogP contribution in [0.2, 0.25) is 0 Å². The maximum absolute atomic E-state index is 15.2. The fourth-order valence-corrected chi connectivity index (χ4v) is 6.70. The quantitative estimate of drug-likeness (QED) is 0.170. The molecule has 4 aromatic carbocycles. The third-order valence-corrected chi connectivity index (χ3v) is 9.79. The third kappa shape index (κ3) is 8.79. The van der Waals surface area contributed by atoms with Crippen LogP contribution in [0.1, 0.15) is 37.0 Å². The van der Waals surface area contributed by atoms with Gasteiger partial charge in [-0.05, 0) is 67.8 Å². The Morgan fingerprint density at radius 3 is 2.18 bits per heavy atom. The summed E-state index contributed by atoms with van der Waals surface area (Å²) in [6.07, 6.45) is 0.868. The van der Waals surface area contributed by atoms with E-state index in [1.165, 1.54) is 35.2 Å². The summed E-state index contributed by atoms with van der Waals surface area (Å²) in [5.74, 6) is -1.82. The minimum absolute atomic E-state index is 0.0133. The van der Waals surface area contributed by atoms with Crippen molar-refractivity contribution >= 4 is 43.5 Å². The van der Waals surface area contributed by atoms with Gasteiger partial charge < -0.3 is 10.2 Å². The van der Waals surface area contributed by atoms with Gasteiger partial charge in [-0.1, -0.05) is 95.1 Å². The second-order valence-corrected chi connectivity index (χ2v) is 13.7. The van der Waals surface area contributed by atoms with Crippen LogP contribution < -0.4 is 9.62 Å². The highest BCUT2D eigenvalue weighted by Crippen LogP contribution is 2.28. The van der Waals surface area contributed by atoms with Crippen molar-refractivity contribution in [3.05, 3.63) is 130 Å². The van der Waals surface area contributed by atoms with Gasteiger partial charge in [0, 0.05) is 23.5 Å². The van der Waals surface area contributed by atoms with Crippen LogP contribution in [-0.2, 0) is 32.6 Å². The van der Waals surface area contributed by atoms with Gasteiger partial charge in [-0.2, -0.15) is 0 Å². The lowest BCUT2D eigenvalue weighted by atomic mass is 10.0. The van der Waals surface area contributed by atoms with Crippen molar-refractivity contribution in [2.45, 2.75) is 57.1 Å². The first-order chi connectivity index (χ1) is 21.5. The zero-order valence-corrected chi connectivity index (χ0v) is 27.9. The molecule has 0 aliphatic carbocycles. The molecule has 0 aliphatic heterocycles. The summed E-state index contributed by atoms with van der Waals surface area (Å²) >= 11 is 3.47. The van der Waals surface area contributed by atoms with Crippen molar-refractivity contribution in [1.29, 1.82) is 0 Å². The number of aryl methyl sites for hydroxylation is 1. The number of sulfonamides is 1. The Morgan fingerprint density at radius 2 is 1.53 bits per heavy atom. The number of hydrogen-bond donors (Lipinski definition) is 1. The zero-order chi connectivity index (χ0) is 32.6. The predicted octanol–water partition coefficient (Wildman–Crippen LogP) is 6.65. The number of rotatable bonds is 13. The fourth-order valence-electron chi connectivity index (χ4n) is 4.83. The topological polar surface area (TPSA) is 86.8 Å². The normalized spacial score (nSPS) is 12.6. The van der Waals surface area contributed by atoms with Crippen LogP contribution in [0, 0.1) is 12.7 Å². The molecule has 4 rings (SSSR count). The summed E-state index contributed by atoms with van der Waals surface area (Å²) in [5.41, 5.74) is 2.13. The van der Waals surface area contributed by atoms with Crippen LogP contribution in [0.3, 0.4) is 0 Å². The Kier molecular flexibility index (Phi) is 11.5. The molecule has 1 N–H and O–H groups in total. The predicted molar refractivity (Wildman–Crippen MR) is 179 cm³/mol. The van der Waals surface area contributed by atoms with Crippen molar-refractivity contribution in [3.8, 4) is 0 Å². The molecule has 45 heavy (non-hydrogen) atoms. The molecule has 0 aromatic heterocycles. The second-order valence-electron chi connectivity index (χ2n) is 11.0. The van der Waals surface area contributed by atoms with Gasteiger partial charge in [-0.25, -0.2) is 12.8 Å². The molecule has 236 valence electrons. The number of para-hydroxylation sites is 1. The van der Waals surface area contributed by atoms with Crippen LogP contribution in [0.5, 0.6) is 0 Å². The number of amides is 2. The Bertz CT molecular complexity index is 1720. The first-order valence-electron chi connectivity index (χ1n) is 14.7. The van der Waals surface area contributed by atoms with Crippen LogP contribution in [0.15, 0.2) is 112 Å². The summed E-state index contributed by atoms with van der Waals surface area (Å²) in [5, 5.41) is 3.00. The molecule has 10 heteroatoms. The molecule has 7 nitrogen and oxygen atoms in total. The van der Waals surface area contributed by atoms with E-state index in [2.05, 4.69) is 21.2 Å². The van der Waals surface area contributed by atoms with E-state index < -0.39 is 34.3 Å². The number of carbonyl (C=O) groups is 2. The Hall–Kier alpha value is -4.02. The van der Waals surface area contributed by atoms with Crippen molar-refractivity contribution in [3.63, 3.8) is 0 Å². The van der Waals surface area contributed by atoms with Crippen molar-refractivity contribution in [2.24, 2.45) is 0 Å². The number of anilines is 1. The Morgan fingerprint density at radius 1 is 0.889 bits per heavy atom. The van der Waals surface area contributed by atoms with Crippen molar-refractivity contribution < 1.29 is 22.4 Å². The molecular formula is C35H37BrFN3O4S. The van der Waals surface area contributed by atoms with Gasteiger partial charge in [0.05, 0.1) is 10.6 Å². The van der Waals surface area contributed by atoms with Crippen LogP contribution in [-0.4, -0.2) is 43.8 Å². The molecule has 4 aromatic rings. The number of nitrogens with zero attached hydrogens (tertiary/aromatic N) is 2. The largest absolute Gasteiger partial charge is 0.352 e. The SMILES string of the molecule is CC[C@@H](C)NC(=O)[C@@H](Cc1ccccc1)N(Cc1cccc(Br)c1)C(=O)CN(c1ccccc1F)S(=O)(=O)c1ccc(C)cc1. The summed E-state index contributed by atoms with van der Waals surface area (Å²) in [6, 6.07) is 27.1. The van der Waals surface area contributed by atoms with Gasteiger partial charge in [0.15, 0.2) is 0 Å². The first-order valence-corrected chi connectivity index (χ1v) is 16.9. The second kappa shape index (κ2) is 15.3. The Balaban J connectivity index is 1.82. The van der Waals surface area contributed by atoms with Gasteiger partial charge in [0.25, 0.3) is 10.0 Å². The van der Waals surface area contributed by atoms with Gasteiger partial charge in [0.2, 0.25) is 11.8 Å². The van der Waals surface area contributed by atoms with E-state index in [0.717, 1.165) is 31.5 Å². The number of nitrogens with one attached hydrogen (secondary N) is 1. The lowest BCUT2D eigenvalue weighted by Crippen LogP contribution is -2.54. The maximum atomic E-state index is 15.2. The van der Waals surface area contributed by atoms with Crippen molar-refractivity contribution in [2.75, 3.05) is 10.8 Å².